The number of aliphatic hydroxyl groups excluding tert-OH is 4. The van der Waals surface area contributed by atoms with Gasteiger partial charge in [-0.05, 0) is 70.8 Å². The standard InChI is InChI=1S/C37H66O8/c1-3-4-5-6-7-8-12-15-18-34-33(41)22-24-36(45-34)32(40)21-20-31(39)35-23-19-30(44-35)17-14-11-9-10-13-16-29(38)26-28-25-27(2)43-37(28)42/h25,27,29-36,38-41H,3-24,26H2,1-2H3/t27-,29+,30+,31-,32-,33+,34-,35-,36+/m0/s1. The molecule has 3 rings (SSSR count). The van der Waals surface area contributed by atoms with Crippen molar-refractivity contribution in [3.63, 3.8) is 0 Å². The number of carbonyl (C=O) groups excluding carboxylic acids is 1. The molecule has 2 fully saturated rings. The Bertz CT molecular complexity index is 833. The van der Waals surface area contributed by atoms with E-state index in [1.165, 1.54) is 44.9 Å². The van der Waals surface area contributed by atoms with Gasteiger partial charge < -0.3 is 34.6 Å². The number of hydrogen-bond acceptors (Lipinski definition) is 8. The number of aliphatic hydroxyl groups is 4. The van der Waals surface area contributed by atoms with E-state index in [-0.39, 0.29) is 36.5 Å². The minimum atomic E-state index is -0.633. The van der Waals surface area contributed by atoms with Crippen molar-refractivity contribution in [3.05, 3.63) is 11.6 Å². The van der Waals surface area contributed by atoms with E-state index >= 15 is 0 Å². The smallest absolute Gasteiger partial charge is 0.334 e. The molecule has 3 aliphatic heterocycles. The SMILES string of the molecule is CCCCCCCCCC[C@@H]1O[C@@H]([C@@H](O)CC[C@H](O)[C@@H]2CC[C@@H](CCCCCCC[C@@H](O)CC3=C[C@H](C)OC3=O)O2)CC[C@H]1O. The molecular formula is C37H66O8. The van der Waals surface area contributed by atoms with Gasteiger partial charge in [-0.25, -0.2) is 4.79 Å². The van der Waals surface area contributed by atoms with Crippen molar-refractivity contribution in [3.8, 4) is 0 Å². The highest BCUT2D eigenvalue weighted by molar-refractivity contribution is 5.90. The van der Waals surface area contributed by atoms with Crippen LogP contribution in [-0.2, 0) is 19.0 Å². The summed E-state index contributed by atoms with van der Waals surface area (Å²) in [7, 11) is 0. The van der Waals surface area contributed by atoms with Crippen LogP contribution in [0.15, 0.2) is 11.6 Å². The summed E-state index contributed by atoms with van der Waals surface area (Å²) in [5.41, 5.74) is 0.600. The van der Waals surface area contributed by atoms with Crippen molar-refractivity contribution in [1.82, 2.24) is 0 Å². The van der Waals surface area contributed by atoms with Crippen LogP contribution in [0.4, 0.5) is 0 Å². The third-order valence-electron chi connectivity index (χ3n) is 10.1. The summed E-state index contributed by atoms with van der Waals surface area (Å²) in [6, 6.07) is 0. The third kappa shape index (κ3) is 14.7. The molecule has 3 aliphatic rings. The van der Waals surface area contributed by atoms with E-state index < -0.39 is 24.4 Å². The van der Waals surface area contributed by atoms with Crippen LogP contribution in [0.2, 0.25) is 0 Å². The third-order valence-corrected chi connectivity index (χ3v) is 10.1. The Balaban J connectivity index is 1.19. The maximum atomic E-state index is 11.7. The molecule has 0 aliphatic carbocycles. The number of esters is 1. The Morgan fingerprint density at radius 3 is 1.96 bits per heavy atom. The molecule has 0 aromatic carbocycles. The number of unbranched alkanes of at least 4 members (excludes halogenated alkanes) is 11. The first-order valence-electron chi connectivity index (χ1n) is 18.7. The lowest BCUT2D eigenvalue weighted by molar-refractivity contribution is -0.156. The lowest BCUT2D eigenvalue weighted by Crippen LogP contribution is -2.44. The zero-order chi connectivity index (χ0) is 32.4. The van der Waals surface area contributed by atoms with E-state index in [1.807, 2.05) is 6.92 Å². The lowest BCUT2D eigenvalue weighted by atomic mass is 9.92. The Morgan fingerprint density at radius 2 is 1.31 bits per heavy atom. The molecule has 0 amide bonds. The van der Waals surface area contributed by atoms with Crippen LogP contribution in [0.5, 0.6) is 0 Å². The molecule has 0 bridgehead atoms. The molecule has 0 aromatic heterocycles. The summed E-state index contributed by atoms with van der Waals surface area (Å²) >= 11 is 0. The first-order valence-corrected chi connectivity index (χ1v) is 18.7. The predicted molar refractivity (Wildman–Crippen MR) is 177 cm³/mol. The maximum absolute atomic E-state index is 11.7. The van der Waals surface area contributed by atoms with Crippen molar-refractivity contribution >= 4 is 5.97 Å². The van der Waals surface area contributed by atoms with E-state index in [4.69, 9.17) is 14.2 Å². The van der Waals surface area contributed by atoms with Gasteiger partial charge in [-0.2, -0.15) is 0 Å². The van der Waals surface area contributed by atoms with Gasteiger partial charge in [-0.1, -0.05) is 90.4 Å². The molecule has 262 valence electrons. The fourth-order valence-electron chi connectivity index (χ4n) is 7.29. The van der Waals surface area contributed by atoms with Gasteiger partial charge in [0.25, 0.3) is 0 Å². The van der Waals surface area contributed by atoms with Gasteiger partial charge in [0.15, 0.2) is 0 Å². The second-order valence-electron chi connectivity index (χ2n) is 14.2. The van der Waals surface area contributed by atoms with Crippen molar-refractivity contribution < 1.29 is 39.4 Å². The molecule has 45 heavy (non-hydrogen) atoms. The molecule has 9 atom stereocenters. The number of hydrogen-bond donors (Lipinski definition) is 4. The molecule has 0 radical (unpaired) electrons. The quantitative estimate of drug-likeness (QED) is 0.0670. The molecular weight excluding hydrogens is 572 g/mol. The van der Waals surface area contributed by atoms with Crippen molar-refractivity contribution in [2.24, 2.45) is 0 Å². The van der Waals surface area contributed by atoms with Crippen molar-refractivity contribution in [2.75, 3.05) is 0 Å². The number of ether oxygens (including phenoxy) is 3. The minimum absolute atomic E-state index is 0.164. The van der Waals surface area contributed by atoms with Gasteiger partial charge in [0.1, 0.15) is 6.10 Å². The van der Waals surface area contributed by atoms with Crippen LogP contribution in [-0.4, -0.2) is 81.3 Å². The highest BCUT2D eigenvalue weighted by Crippen LogP contribution is 2.30. The van der Waals surface area contributed by atoms with E-state index in [0.717, 1.165) is 64.2 Å². The molecule has 2 saturated heterocycles. The van der Waals surface area contributed by atoms with Gasteiger partial charge in [0, 0.05) is 12.0 Å². The first-order chi connectivity index (χ1) is 21.8. The Labute approximate surface area is 273 Å². The summed E-state index contributed by atoms with van der Waals surface area (Å²) in [5.74, 6) is -0.295. The number of carbonyl (C=O) groups is 1. The van der Waals surface area contributed by atoms with E-state index in [0.29, 0.717) is 44.1 Å². The molecule has 0 saturated carbocycles. The Kier molecular flexibility index (Phi) is 18.6. The van der Waals surface area contributed by atoms with Gasteiger partial charge in [0.05, 0.1) is 48.8 Å². The van der Waals surface area contributed by atoms with Gasteiger partial charge in [-0.3, -0.25) is 0 Å². The second kappa shape index (κ2) is 21.8. The van der Waals surface area contributed by atoms with Gasteiger partial charge in [-0.15, -0.1) is 0 Å². The Hall–Kier alpha value is -1.03. The zero-order valence-corrected chi connectivity index (χ0v) is 28.5. The molecule has 8 heteroatoms. The lowest BCUT2D eigenvalue weighted by Gasteiger charge is -2.36. The van der Waals surface area contributed by atoms with Crippen LogP contribution < -0.4 is 0 Å². The van der Waals surface area contributed by atoms with Crippen LogP contribution in [0.1, 0.15) is 162 Å². The molecule has 0 spiro atoms. The molecule has 0 aromatic rings. The number of cyclic esters (lactones) is 1. The summed E-state index contributed by atoms with van der Waals surface area (Å²) < 4.78 is 17.5. The topological polar surface area (TPSA) is 126 Å². The average Bonchev–Trinajstić information content (AvgIpc) is 3.62. The van der Waals surface area contributed by atoms with Crippen molar-refractivity contribution in [2.45, 2.75) is 216 Å². The summed E-state index contributed by atoms with van der Waals surface area (Å²) in [6.45, 7) is 4.07. The zero-order valence-electron chi connectivity index (χ0n) is 28.5. The fourth-order valence-corrected chi connectivity index (χ4v) is 7.29. The van der Waals surface area contributed by atoms with Gasteiger partial charge >= 0.3 is 5.97 Å². The van der Waals surface area contributed by atoms with Crippen LogP contribution in [0.25, 0.3) is 0 Å². The average molecular weight is 639 g/mol. The minimum Gasteiger partial charge on any atom is -0.455 e. The highest BCUT2D eigenvalue weighted by Gasteiger charge is 2.35. The maximum Gasteiger partial charge on any atom is 0.334 e. The summed E-state index contributed by atoms with van der Waals surface area (Å²) in [6.07, 6.45) is 21.4. The van der Waals surface area contributed by atoms with Crippen LogP contribution in [0, 0.1) is 0 Å². The monoisotopic (exact) mass is 638 g/mol. The van der Waals surface area contributed by atoms with Crippen molar-refractivity contribution in [1.29, 1.82) is 0 Å². The van der Waals surface area contributed by atoms with E-state index in [2.05, 4.69) is 6.92 Å². The molecule has 0 unspecified atom stereocenters. The largest absolute Gasteiger partial charge is 0.455 e. The summed E-state index contributed by atoms with van der Waals surface area (Å²) in [4.78, 5) is 11.7. The first kappa shape index (κ1) is 38.4. The number of rotatable bonds is 24. The highest BCUT2D eigenvalue weighted by atomic mass is 16.5. The fraction of sp³-hybridized carbons (Fsp3) is 0.919. The summed E-state index contributed by atoms with van der Waals surface area (Å²) in [5, 5.41) is 42.4. The van der Waals surface area contributed by atoms with Crippen LogP contribution in [0.3, 0.4) is 0 Å². The van der Waals surface area contributed by atoms with E-state index in [9.17, 15) is 25.2 Å². The normalized spacial score (nSPS) is 29.0. The van der Waals surface area contributed by atoms with E-state index in [1.54, 1.807) is 6.08 Å². The molecule has 8 nitrogen and oxygen atoms in total. The second-order valence-corrected chi connectivity index (χ2v) is 14.2. The van der Waals surface area contributed by atoms with Gasteiger partial charge in [0.2, 0.25) is 0 Å². The predicted octanol–water partition coefficient (Wildman–Crippen LogP) is 6.83. The van der Waals surface area contributed by atoms with Crippen LogP contribution >= 0.6 is 0 Å². The Morgan fingerprint density at radius 1 is 0.733 bits per heavy atom. The molecule has 3 heterocycles. The molecule has 4 N–H and O–H groups in total.